The van der Waals surface area contributed by atoms with Gasteiger partial charge in [0.25, 0.3) is 0 Å². The van der Waals surface area contributed by atoms with Crippen molar-refractivity contribution in [2.75, 3.05) is 5.32 Å². The molecule has 2 aromatic carbocycles. The predicted molar refractivity (Wildman–Crippen MR) is 90.0 cm³/mol. The maximum absolute atomic E-state index is 6.20. The van der Waals surface area contributed by atoms with E-state index in [9.17, 15) is 0 Å². The molecule has 0 aliphatic carbocycles. The van der Waals surface area contributed by atoms with Crippen LogP contribution in [0.25, 0.3) is 0 Å². The van der Waals surface area contributed by atoms with E-state index in [0.29, 0.717) is 30.8 Å². The minimum atomic E-state index is -0.0871. The minimum absolute atomic E-state index is 0.0871. The molecule has 0 saturated carbocycles. The molecule has 0 aliphatic heterocycles. The van der Waals surface area contributed by atoms with Crippen LogP contribution in [0.2, 0.25) is 25.1 Å². The number of anilines is 1. The van der Waals surface area contributed by atoms with E-state index in [1.165, 1.54) is 0 Å². The first-order chi connectivity index (χ1) is 9.40. The molecule has 1 atom stereocenters. The molecule has 1 nitrogen and oxygen atoms in total. The highest BCUT2D eigenvalue weighted by atomic mass is 35.5. The molecule has 0 spiro atoms. The SMILES string of the molecule is CC(Nc1cc(Cl)c(Cl)cc1Cl)c1cccc(Cl)c1Cl. The summed E-state index contributed by atoms with van der Waals surface area (Å²) in [7, 11) is 0. The molecule has 20 heavy (non-hydrogen) atoms. The normalized spacial score (nSPS) is 12.3. The van der Waals surface area contributed by atoms with Crippen molar-refractivity contribution < 1.29 is 0 Å². The van der Waals surface area contributed by atoms with Crippen molar-refractivity contribution in [1.82, 2.24) is 0 Å². The van der Waals surface area contributed by atoms with Crippen molar-refractivity contribution in [2.45, 2.75) is 13.0 Å². The number of hydrogen-bond donors (Lipinski definition) is 1. The standard InChI is InChI=1S/C14H10Cl5N/c1-7(8-3-2-4-9(15)14(8)19)20-13-6-11(17)10(16)5-12(13)18/h2-7,20H,1H3. The minimum Gasteiger partial charge on any atom is -0.377 e. The molecule has 0 radical (unpaired) electrons. The van der Waals surface area contributed by atoms with Crippen molar-refractivity contribution in [3.05, 3.63) is 61.0 Å². The zero-order valence-corrected chi connectivity index (χ0v) is 14.1. The number of nitrogens with one attached hydrogen (secondary N) is 1. The predicted octanol–water partition coefficient (Wildman–Crippen LogP) is 7.13. The van der Waals surface area contributed by atoms with E-state index in [1.54, 1.807) is 18.2 Å². The van der Waals surface area contributed by atoms with Gasteiger partial charge in [0.1, 0.15) is 0 Å². The van der Waals surface area contributed by atoms with Crippen LogP contribution in [0.4, 0.5) is 5.69 Å². The number of hydrogen-bond acceptors (Lipinski definition) is 1. The molecule has 2 aromatic rings. The molecular weight excluding hydrogens is 359 g/mol. The third kappa shape index (κ3) is 3.47. The van der Waals surface area contributed by atoms with Crippen LogP contribution in [0, 0.1) is 0 Å². The Labute approximate surface area is 142 Å². The maximum atomic E-state index is 6.20. The highest BCUT2D eigenvalue weighted by molar-refractivity contribution is 6.44. The molecule has 1 N–H and O–H groups in total. The van der Waals surface area contributed by atoms with Gasteiger partial charge in [-0.15, -0.1) is 0 Å². The Morgan fingerprint density at radius 2 is 1.50 bits per heavy atom. The van der Waals surface area contributed by atoms with Crippen molar-refractivity contribution in [3.63, 3.8) is 0 Å². The molecule has 0 aliphatic rings. The molecule has 0 fully saturated rings. The zero-order chi connectivity index (χ0) is 14.9. The Bertz CT molecular complexity index is 642. The quantitative estimate of drug-likeness (QED) is 0.568. The van der Waals surface area contributed by atoms with Crippen LogP contribution >= 0.6 is 58.0 Å². The van der Waals surface area contributed by atoms with E-state index in [1.807, 2.05) is 19.1 Å². The second kappa shape index (κ2) is 6.64. The summed E-state index contributed by atoms with van der Waals surface area (Å²) in [6.45, 7) is 1.95. The van der Waals surface area contributed by atoms with Gasteiger partial charge in [0, 0.05) is 0 Å². The summed E-state index contributed by atoms with van der Waals surface area (Å²) in [5.74, 6) is 0. The molecule has 106 valence electrons. The van der Waals surface area contributed by atoms with Gasteiger partial charge in [-0.25, -0.2) is 0 Å². The second-order valence-electron chi connectivity index (χ2n) is 4.26. The van der Waals surface area contributed by atoms with Crippen LogP contribution in [0.3, 0.4) is 0 Å². The lowest BCUT2D eigenvalue weighted by molar-refractivity contribution is 0.885. The van der Waals surface area contributed by atoms with Gasteiger partial charge in [-0.1, -0.05) is 70.1 Å². The summed E-state index contributed by atoms with van der Waals surface area (Å²) in [5.41, 5.74) is 1.56. The smallest absolute Gasteiger partial charge is 0.0653 e. The second-order valence-corrected chi connectivity index (χ2v) is 6.26. The van der Waals surface area contributed by atoms with E-state index < -0.39 is 0 Å². The zero-order valence-electron chi connectivity index (χ0n) is 10.4. The van der Waals surface area contributed by atoms with Crippen molar-refractivity contribution >= 4 is 63.7 Å². The Morgan fingerprint density at radius 1 is 0.850 bits per heavy atom. The van der Waals surface area contributed by atoms with Gasteiger partial charge in [0.15, 0.2) is 0 Å². The molecule has 0 bridgehead atoms. The Hall–Kier alpha value is -0.310. The first-order valence-corrected chi connectivity index (χ1v) is 7.64. The van der Waals surface area contributed by atoms with E-state index >= 15 is 0 Å². The average Bonchev–Trinajstić information content (AvgIpc) is 2.39. The number of benzene rings is 2. The fourth-order valence-electron chi connectivity index (χ4n) is 1.80. The average molecular weight is 370 g/mol. The Balaban J connectivity index is 2.30. The summed E-state index contributed by atoms with van der Waals surface area (Å²) in [4.78, 5) is 0. The van der Waals surface area contributed by atoms with Crippen LogP contribution in [0.15, 0.2) is 30.3 Å². The molecular formula is C14H10Cl5N. The van der Waals surface area contributed by atoms with Gasteiger partial charge in [-0.3, -0.25) is 0 Å². The van der Waals surface area contributed by atoms with Gasteiger partial charge in [-0.2, -0.15) is 0 Å². The van der Waals surface area contributed by atoms with Crippen molar-refractivity contribution in [1.29, 1.82) is 0 Å². The molecule has 2 rings (SSSR count). The fourth-order valence-corrected chi connectivity index (χ4v) is 2.87. The maximum Gasteiger partial charge on any atom is 0.0653 e. The summed E-state index contributed by atoms with van der Waals surface area (Å²) < 4.78 is 0. The lowest BCUT2D eigenvalue weighted by Gasteiger charge is -2.19. The van der Waals surface area contributed by atoms with Gasteiger partial charge < -0.3 is 5.32 Å². The monoisotopic (exact) mass is 367 g/mol. The van der Waals surface area contributed by atoms with Crippen LogP contribution in [0.1, 0.15) is 18.5 Å². The summed E-state index contributed by atoms with van der Waals surface area (Å²) in [5, 5.41) is 5.61. The van der Waals surface area contributed by atoms with E-state index in [2.05, 4.69) is 5.32 Å². The van der Waals surface area contributed by atoms with Crippen LogP contribution in [-0.4, -0.2) is 0 Å². The first-order valence-electron chi connectivity index (χ1n) is 5.75. The molecule has 1 unspecified atom stereocenters. The topological polar surface area (TPSA) is 12.0 Å². The highest BCUT2D eigenvalue weighted by Crippen LogP contribution is 2.36. The van der Waals surface area contributed by atoms with Crippen molar-refractivity contribution in [3.8, 4) is 0 Å². The molecule has 0 aromatic heterocycles. The third-order valence-electron chi connectivity index (χ3n) is 2.83. The summed E-state index contributed by atoms with van der Waals surface area (Å²) in [6, 6.07) is 8.68. The van der Waals surface area contributed by atoms with Gasteiger partial charge in [-0.05, 0) is 30.7 Å². The van der Waals surface area contributed by atoms with E-state index in [0.717, 1.165) is 5.56 Å². The first kappa shape index (κ1) is 16.1. The molecule has 0 heterocycles. The van der Waals surface area contributed by atoms with Gasteiger partial charge >= 0.3 is 0 Å². The van der Waals surface area contributed by atoms with Crippen LogP contribution in [-0.2, 0) is 0 Å². The van der Waals surface area contributed by atoms with Crippen LogP contribution in [0.5, 0.6) is 0 Å². The fraction of sp³-hybridized carbons (Fsp3) is 0.143. The summed E-state index contributed by atoms with van der Waals surface area (Å²) in [6.07, 6.45) is 0. The molecule has 0 amide bonds. The van der Waals surface area contributed by atoms with Gasteiger partial charge in [0.05, 0.1) is 36.8 Å². The third-order valence-corrected chi connectivity index (χ3v) is 4.70. The molecule has 0 saturated heterocycles. The van der Waals surface area contributed by atoms with E-state index in [4.69, 9.17) is 58.0 Å². The number of rotatable bonds is 3. The Kier molecular flexibility index (Phi) is 5.33. The largest absolute Gasteiger partial charge is 0.377 e. The lowest BCUT2D eigenvalue weighted by atomic mass is 10.1. The molecule has 6 heteroatoms. The summed E-state index contributed by atoms with van der Waals surface area (Å²) >= 11 is 30.2. The Morgan fingerprint density at radius 3 is 2.20 bits per heavy atom. The van der Waals surface area contributed by atoms with Gasteiger partial charge in [0.2, 0.25) is 0 Å². The van der Waals surface area contributed by atoms with E-state index in [-0.39, 0.29) is 6.04 Å². The van der Waals surface area contributed by atoms with Crippen LogP contribution < -0.4 is 5.32 Å². The number of halogens is 5. The highest BCUT2D eigenvalue weighted by Gasteiger charge is 2.14. The lowest BCUT2D eigenvalue weighted by Crippen LogP contribution is -2.07. The van der Waals surface area contributed by atoms with Crippen molar-refractivity contribution in [2.24, 2.45) is 0 Å².